The Morgan fingerprint density at radius 3 is 2.81 bits per heavy atom. The van der Waals surface area contributed by atoms with Crippen molar-refractivity contribution in [3.8, 4) is 16.7 Å². The first-order chi connectivity index (χ1) is 7.69. The van der Waals surface area contributed by atoms with Gasteiger partial charge in [0, 0.05) is 17.6 Å². The summed E-state index contributed by atoms with van der Waals surface area (Å²) in [4.78, 5) is 4.09. The van der Waals surface area contributed by atoms with Crippen LogP contribution in [0.4, 0.5) is 5.69 Å². The molecule has 16 heavy (non-hydrogen) atoms. The number of nitrogen functional groups attached to an aromatic ring is 1. The van der Waals surface area contributed by atoms with Crippen LogP contribution in [0.2, 0.25) is 0 Å². The second kappa shape index (κ2) is 4.36. The predicted molar refractivity (Wildman–Crippen MR) is 62.1 cm³/mol. The number of nitrogens with two attached hydrogens (primary N) is 1. The highest BCUT2D eigenvalue weighted by Gasteiger charge is 2.07. The predicted octanol–water partition coefficient (Wildman–Crippen LogP) is 2.23. The Balaban J connectivity index is 2.26. The quantitative estimate of drug-likeness (QED) is 0.829. The lowest BCUT2D eigenvalue weighted by molar-refractivity contribution is 0.409. The average molecular weight is 237 g/mol. The highest BCUT2D eigenvalue weighted by atomic mass is 32.1. The molecule has 0 saturated heterocycles. The number of hydrogen-bond acceptors (Lipinski definition) is 6. The Kier molecular flexibility index (Phi) is 2.91. The van der Waals surface area contributed by atoms with Gasteiger partial charge in [-0.15, -0.1) is 0 Å². The topological polar surface area (TPSA) is 70.3 Å². The van der Waals surface area contributed by atoms with Gasteiger partial charge >= 0.3 is 0 Å². The lowest BCUT2D eigenvalue weighted by Crippen LogP contribution is -1.93. The number of rotatable bonds is 3. The van der Waals surface area contributed by atoms with Crippen molar-refractivity contribution in [2.24, 2.45) is 0 Å². The van der Waals surface area contributed by atoms with Crippen molar-refractivity contribution in [3.05, 3.63) is 24.0 Å². The first kappa shape index (κ1) is 10.7. The second-order valence-electron chi connectivity index (χ2n) is 3.11. The lowest BCUT2D eigenvalue weighted by atomic mass is 10.3. The van der Waals surface area contributed by atoms with Gasteiger partial charge in [-0.1, -0.05) is 0 Å². The molecule has 2 aromatic rings. The van der Waals surface area contributed by atoms with Crippen molar-refractivity contribution in [2.75, 3.05) is 12.8 Å². The van der Waals surface area contributed by atoms with Crippen LogP contribution in [0.25, 0.3) is 0 Å². The van der Waals surface area contributed by atoms with Gasteiger partial charge in [-0.05, 0) is 19.1 Å². The maximum atomic E-state index is 5.77. The highest BCUT2D eigenvalue weighted by molar-refractivity contribution is 7.07. The zero-order chi connectivity index (χ0) is 11.5. The van der Waals surface area contributed by atoms with E-state index in [1.165, 1.54) is 11.5 Å². The molecule has 0 radical (unpaired) electrons. The van der Waals surface area contributed by atoms with Crippen molar-refractivity contribution in [1.82, 2.24) is 9.36 Å². The fourth-order valence-corrected chi connectivity index (χ4v) is 1.69. The van der Waals surface area contributed by atoms with E-state index in [9.17, 15) is 0 Å². The third-order valence-corrected chi connectivity index (χ3v) is 2.61. The number of benzene rings is 1. The standard InChI is InChI=1S/C10H11N3O2S/c1-6-12-10(16-13-6)15-9-5-7(14-2)3-4-8(9)11/h3-5H,11H2,1-2H3. The number of hydrogen-bond donors (Lipinski definition) is 1. The zero-order valence-corrected chi connectivity index (χ0v) is 9.75. The van der Waals surface area contributed by atoms with Crippen LogP contribution in [0.1, 0.15) is 5.82 Å². The molecule has 0 fully saturated rings. The molecule has 1 heterocycles. The monoisotopic (exact) mass is 237 g/mol. The normalized spacial score (nSPS) is 10.1. The van der Waals surface area contributed by atoms with Crippen molar-refractivity contribution in [3.63, 3.8) is 0 Å². The molecule has 0 bridgehead atoms. The van der Waals surface area contributed by atoms with E-state index in [0.717, 1.165) is 0 Å². The summed E-state index contributed by atoms with van der Waals surface area (Å²) in [6.07, 6.45) is 0. The van der Waals surface area contributed by atoms with E-state index in [1.807, 2.05) is 0 Å². The van der Waals surface area contributed by atoms with E-state index in [1.54, 1.807) is 32.2 Å². The van der Waals surface area contributed by atoms with Crippen molar-refractivity contribution in [1.29, 1.82) is 0 Å². The molecule has 2 rings (SSSR count). The average Bonchev–Trinajstić information content (AvgIpc) is 2.67. The van der Waals surface area contributed by atoms with Gasteiger partial charge in [-0.2, -0.15) is 9.36 Å². The number of aromatic nitrogens is 2. The summed E-state index contributed by atoms with van der Waals surface area (Å²) in [6, 6.07) is 5.21. The summed E-state index contributed by atoms with van der Waals surface area (Å²) in [5.41, 5.74) is 6.31. The number of anilines is 1. The summed E-state index contributed by atoms with van der Waals surface area (Å²) in [6.45, 7) is 1.80. The van der Waals surface area contributed by atoms with Gasteiger partial charge in [-0.25, -0.2) is 0 Å². The molecule has 0 saturated carbocycles. The van der Waals surface area contributed by atoms with Gasteiger partial charge in [0.1, 0.15) is 11.6 Å². The molecule has 6 heteroatoms. The first-order valence-electron chi connectivity index (χ1n) is 4.60. The van der Waals surface area contributed by atoms with Crippen LogP contribution in [-0.2, 0) is 0 Å². The lowest BCUT2D eigenvalue weighted by Gasteiger charge is -2.06. The molecule has 84 valence electrons. The summed E-state index contributed by atoms with van der Waals surface area (Å²) in [7, 11) is 1.59. The molecule has 5 nitrogen and oxygen atoms in total. The number of ether oxygens (including phenoxy) is 2. The molecule has 0 amide bonds. The zero-order valence-electron chi connectivity index (χ0n) is 8.93. The molecular weight excluding hydrogens is 226 g/mol. The van der Waals surface area contributed by atoms with Crippen molar-refractivity contribution < 1.29 is 9.47 Å². The van der Waals surface area contributed by atoms with Crippen LogP contribution in [0.5, 0.6) is 16.7 Å². The number of methoxy groups -OCH3 is 1. The Hall–Kier alpha value is -1.82. The summed E-state index contributed by atoms with van der Waals surface area (Å²) >= 11 is 1.19. The SMILES string of the molecule is COc1ccc(N)c(Oc2nc(C)ns2)c1. The number of aryl methyl sites for hydroxylation is 1. The first-order valence-corrected chi connectivity index (χ1v) is 5.38. The molecule has 1 aromatic carbocycles. The van der Waals surface area contributed by atoms with Gasteiger partial charge < -0.3 is 15.2 Å². The maximum Gasteiger partial charge on any atom is 0.298 e. The van der Waals surface area contributed by atoms with E-state index in [2.05, 4.69) is 9.36 Å². The van der Waals surface area contributed by atoms with Crippen LogP contribution in [0, 0.1) is 6.92 Å². The van der Waals surface area contributed by atoms with Gasteiger partial charge in [0.25, 0.3) is 5.19 Å². The Labute approximate surface area is 97.0 Å². The molecule has 0 aliphatic rings. The van der Waals surface area contributed by atoms with Gasteiger partial charge in [0.2, 0.25) is 0 Å². The van der Waals surface area contributed by atoms with Gasteiger partial charge in [0.15, 0.2) is 5.75 Å². The van der Waals surface area contributed by atoms with E-state index in [0.29, 0.717) is 28.2 Å². The second-order valence-corrected chi connectivity index (χ2v) is 3.83. The van der Waals surface area contributed by atoms with Crippen LogP contribution >= 0.6 is 11.5 Å². The van der Waals surface area contributed by atoms with Crippen LogP contribution < -0.4 is 15.2 Å². The third kappa shape index (κ3) is 2.22. The largest absolute Gasteiger partial charge is 0.497 e. The van der Waals surface area contributed by atoms with Crippen molar-refractivity contribution >= 4 is 17.2 Å². The highest BCUT2D eigenvalue weighted by Crippen LogP contribution is 2.31. The molecule has 1 aromatic heterocycles. The van der Waals surface area contributed by atoms with E-state index < -0.39 is 0 Å². The third-order valence-electron chi connectivity index (χ3n) is 1.93. The fourth-order valence-electron chi connectivity index (χ4n) is 1.14. The molecule has 0 spiro atoms. The summed E-state index contributed by atoms with van der Waals surface area (Å²) < 4.78 is 14.6. The summed E-state index contributed by atoms with van der Waals surface area (Å²) in [5.74, 6) is 1.89. The number of nitrogens with zero attached hydrogens (tertiary/aromatic N) is 2. The molecular formula is C10H11N3O2S. The van der Waals surface area contributed by atoms with Gasteiger partial charge in [0.05, 0.1) is 12.8 Å². The van der Waals surface area contributed by atoms with E-state index >= 15 is 0 Å². The molecule has 0 aliphatic carbocycles. The van der Waals surface area contributed by atoms with Crippen LogP contribution in [-0.4, -0.2) is 16.5 Å². The Morgan fingerprint density at radius 2 is 2.19 bits per heavy atom. The van der Waals surface area contributed by atoms with E-state index in [4.69, 9.17) is 15.2 Å². The van der Waals surface area contributed by atoms with Crippen LogP contribution in [0.15, 0.2) is 18.2 Å². The minimum atomic E-state index is 0.470. The molecule has 0 unspecified atom stereocenters. The van der Waals surface area contributed by atoms with Crippen LogP contribution in [0.3, 0.4) is 0 Å². The Morgan fingerprint density at radius 1 is 1.38 bits per heavy atom. The Bertz CT molecular complexity index is 499. The minimum Gasteiger partial charge on any atom is -0.497 e. The minimum absolute atomic E-state index is 0.470. The maximum absolute atomic E-state index is 5.77. The molecule has 0 atom stereocenters. The fraction of sp³-hybridized carbons (Fsp3) is 0.200. The summed E-state index contributed by atoms with van der Waals surface area (Å²) in [5, 5.41) is 0.470. The van der Waals surface area contributed by atoms with Gasteiger partial charge in [-0.3, -0.25) is 0 Å². The molecule has 0 aliphatic heterocycles. The molecule has 2 N–H and O–H groups in total. The van der Waals surface area contributed by atoms with E-state index in [-0.39, 0.29) is 0 Å². The smallest absolute Gasteiger partial charge is 0.298 e. The van der Waals surface area contributed by atoms with Crippen molar-refractivity contribution in [2.45, 2.75) is 6.92 Å².